The first-order valence-electron chi connectivity index (χ1n) is 10.6. The van der Waals surface area contributed by atoms with Crippen LogP contribution in [-0.2, 0) is 21.9 Å². The molecule has 2 rings (SSSR count). The van der Waals surface area contributed by atoms with Gasteiger partial charge < -0.3 is 10.2 Å². The van der Waals surface area contributed by atoms with Gasteiger partial charge in [0.1, 0.15) is 11.9 Å². The average molecular weight is 445 g/mol. The van der Waals surface area contributed by atoms with E-state index in [-0.39, 0.29) is 28.9 Å². The maximum absolute atomic E-state index is 13.2. The molecule has 0 radical (unpaired) electrons. The quantitative estimate of drug-likeness (QED) is 0.586. The zero-order valence-electron chi connectivity index (χ0n) is 19.1. The van der Waals surface area contributed by atoms with Gasteiger partial charge in [0.25, 0.3) is 0 Å². The van der Waals surface area contributed by atoms with Crippen LogP contribution in [0.5, 0.6) is 0 Å². The second-order valence-corrected chi connectivity index (χ2v) is 9.78. The van der Waals surface area contributed by atoms with Gasteiger partial charge in [-0.25, -0.2) is 4.39 Å². The molecule has 2 amide bonds. The fourth-order valence-corrected chi connectivity index (χ4v) is 4.05. The SMILES string of the molecule is CC[C@H](C(=O)NC(C)(C)C)N(Cc1ccc(C)cc1)C(=O)CSCc1ccc(F)cc1. The molecular weight excluding hydrogens is 411 g/mol. The maximum Gasteiger partial charge on any atom is 0.243 e. The normalized spacial score (nSPS) is 12.3. The topological polar surface area (TPSA) is 49.4 Å². The van der Waals surface area contributed by atoms with Gasteiger partial charge in [0, 0.05) is 17.8 Å². The van der Waals surface area contributed by atoms with Crippen molar-refractivity contribution in [2.75, 3.05) is 5.75 Å². The molecule has 0 unspecified atom stereocenters. The molecule has 0 aliphatic heterocycles. The summed E-state index contributed by atoms with van der Waals surface area (Å²) in [7, 11) is 0. The van der Waals surface area contributed by atoms with E-state index in [9.17, 15) is 14.0 Å². The molecule has 0 saturated heterocycles. The van der Waals surface area contributed by atoms with Gasteiger partial charge in [-0.2, -0.15) is 0 Å². The maximum atomic E-state index is 13.2. The van der Waals surface area contributed by atoms with Gasteiger partial charge in [0.2, 0.25) is 11.8 Å². The third-order valence-electron chi connectivity index (χ3n) is 4.77. The highest BCUT2D eigenvalue weighted by atomic mass is 32.2. The smallest absolute Gasteiger partial charge is 0.243 e. The Morgan fingerprint density at radius 1 is 1.03 bits per heavy atom. The van der Waals surface area contributed by atoms with E-state index in [2.05, 4.69) is 5.32 Å². The molecule has 0 aliphatic rings. The number of amides is 2. The Kier molecular flexibility index (Phi) is 9.11. The highest BCUT2D eigenvalue weighted by molar-refractivity contribution is 7.99. The predicted molar refractivity (Wildman–Crippen MR) is 126 cm³/mol. The van der Waals surface area contributed by atoms with E-state index in [1.807, 2.05) is 58.9 Å². The Morgan fingerprint density at radius 3 is 2.16 bits per heavy atom. The largest absolute Gasteiger partial charge is 0.350 e. The minimum atomic E-state index is -0.542. The fraction of sp³-hybridized carbons (Fsp3) is 0.440. The van der Waals surface area contributed by atoms with Crippen molar-refractivity contribution in [1.29, 1.82) is 0 Å². The number of carbonyl (C=O) groups is 2. The van der Waals surface area contributed by atoms with Crippen molar-refractivity contribution in [3.8, 4) is 0 Å². The molecule has 2 aromatic rings. The van der Waals surface area contributed by atoms with Gasteiger partial charge in [-0.05, 0) is 57.4 Å². The molecule has 0 aromatic heterocycles. The number of nitrogens with one attached hydrogen (secondary N) is 1. The number of halogens is 1. The second kappa shape index (κ2) is 11.3. The van der Waals surface area contributed by atoms with Crippen LogP contribution in [0.1, 0.15) is 50.8 Å². The summed E-state index contributed by atoms with van der Waals surface area (Å²) >= 11 is 1.47. The summed E-state index contributed by atoms with van der Waals surface area (Å²) in [4.78, 5) is 27.8. The van der Waals surface area contributed by atoms with Crippen LogP contribution >= 0.6 is 11.8 Å². The Hall–Kier alpha value is -2.34. The molecule has 31 heavy (non-hydrogen) atoms. The summed E-state index contributed by atoms with van der Waals surface area (Å²) in [6.07, 6.45) is 0.530. The lowest BCUT2D eigenvalue weighted by Gasteiger charge is -2.33. The van der Waals surface area contributed by atoms with Crippen molar-refractivity contribution in [2.24, 2.45) is 0 Å². The van der Waals surface area contributed by atoms with Crippen molar-refractivity contribution < 1.29 is 14.0 Å². The third kappa shape index (κ3) is 8.37. The molecule has 2 aromatic carbocycles. The van der Waals surface area contributed by atoms with Gasteiger partial charge in [-0.15, -0.1) is 11.8 Å². The number of benzene rings is 2. The summed E-state index contributed by atoms with van der Waals surface area (Å²) in [5.41, 5.74) is 2.72. The number of nitrogens with zero attached hydrogens (tertiary/aromatic N) is 1. The molecule has 0 saturated carbocycles. The summed E-state index contributed by atoms with van der Waals surface area (Å²) < 4.78 is 13.1. The van der Waals surface area contributed by atoms with Gasteiger partial charge in [-0.3, -0.25) is 9.59 Å². The number of rotatable bonds is 9. The number of hydrogen-bond donors (Lipinski definition) is 1. The molecule has 0 spiro atoms. The van der Waals surface area contributed by atoms with E-state index >= 15 is 0 Å². The molecule has 1 N–H and O–H groups in total. The number of carbonyl (C=O) groups excluding carboxylic acids is 2. The van der Waals surface area contributed by atoms with Gasteiger partial charge in [0.05, 0.1) is 5.75 Å². The molecule has 4 nitrogen and oxygen atoms in total. The van der Waals surface area contributed by atoms with Gasteiger partial charge >= 0.3 is 0 Å². The monoisotopic (exact) mass is 444 g/mol. The Bertz CT molecular complexity index is 861. The van der Waals surface area contributed by atoms with Crippen LogP contribution in [0.25, 0.3) is 0 Å². The third-order valence-corrected chi connectivity index (χ3v) is 5.75. The van der Waals surface area contributed by atoms with Crippen molar-refractivity contribution in [2.45, 2.75) is 64.9 Å². The Morgan fingerprint density at radius 2 is 1.61 bits per heavy atom. The summed E-state index contributed by atoms with van der Waals surface area (Å²) in [5, 5.41) is 3.01. The van der Waals surface area contributed by atoms with Gasteiger partial charge in [-0.1, -0.05) is 48.9 Å². The number of thioether (sulfide) groups is 1. The lowest BCUT2D eigenvalue weighted by Crippen LogP contribution is -2.53. The van der Waals surface area contributed by atoms with Crippen LogP contribution in [0.2, 0.25) is 0 Å². The molecule has 0 bridgehead atoms. The molecular formula is C25H33FN2O2S. The Balaban J connectivity index is 2.14. The van der Waals surface area contributed by atoms with Gasteiger partial charge in [0.15, 0.2) is 0 Å². The van der Waals surface area contributed by atoms with Crippen molar-refractivity contribution >= 4 is 23.6 Å². The molecule has 0 aliphatic carbocycles. The lowest BCUT2D eigenvalue weighted by molar-refractivity contribution is -0.140. The summed E-state index contributed by atoms with van der Waals surface area (Å²) in [5.74, 6) is 0.366. The highest BCUT2D eigenvalue weighted by Crippen LogP contribution is 2.18. The van der Waals surface area contributed by atoms with Crippen LogP contribution < -0.4 is 5.32 Å². The number of hydrogen-bond acceptors (Lipinski definition) is 3. The van der Waals surface area contributed by atoms with E-state index < -0.39 is 6.04 Å². The van der Waals surface area contributed by atoms with Crippen molar-refractivity contribution in [3.63, 3.8) is 0 Å². The van der Waals surface area contributed by atoms with E-state index in [1.165, 1.54) is 23.9 Å². The van der Waals surface area contributed by atoms with E-state index in [0.717, 1.165) is 16.7 Å². The van der Waals surface area contributed by atoms with Crippen LogP contribution in [0.4, 0.5) is 4.39 Å². The summed E-state index contributed by atoms with van der Waals surface area (Å²) in [6, 6.07) is 13.8. The second-order valence-electron chi connectivity index (χ2n) is 8.79. The van der Waals surface area contributed by atoms with Crippen LogP contribution in [0.3, 0.4) is 0 Å². The van der Waals surface area contributed by atoms with Crippen LogP contribution in [0, 0.1) is 12.7 Å². The Labute approximate surface area is 189 Å². The predicted octanol–water partition coefficient (Wildman–Crippen LogP) is 5.09. The molecule has 168 valence electrons. The highest BCUT2D eigenvalue weighted by Gasteiger charge is 2.30. The molecule has 0 heterocycles. The zero-order valence-corrected chi connectivity index (χ0v) is 19.9. The minimum Gasteiger partial charge on any atom is -0.350 e. The van der Waals surface area contributed by atoms with E-state index in [4.69, 9.17) is 0 Å². The van der Waals surface area contributed by atoms with E-state index in [0.29, 0.717) is 18.7 Å². The van der Waals surface area contributed by atoms with Crippen molar-refractivity contribution in [1.82, 2.24) is 10.2 Å². The molecule has 0 fully saturated rings. The van der Waals surface area contributed by atoms with E-state index in [1.54, 1.807) is 17.0 Å². The lowest BCUT2D eigenvalue weighted by atomic mass is 10.1. The average Bonchev–Trinajstić information content (AvgIpc) is 2.69. The first-order chi connectivity index (χ1) is 14.6. The standard InChI is InChI=1S/C25H33FN2O2S/c1-6-22(24(30)27-25(3,4)5)28(15-19-9-7-18(2)8-10-19)23(29)17-31-16-20-11-13-21(26)14-12-20/h7-14,22H,6,15-17H2,1-5H3,(H,27,30)/t22-/m1/s1. The fourth-order valence-electron chi connectivity index (χ4n) is 3.18. The molecule has 6 heteroatoms. The first-order valence-corrected chi connectivity index (χ1v) is 11.7. The van der Waals surface area contributed by atoms with Crippen LogP contribution in [0.15, 0.2) is 48.5 Å². The van der Waals surface area contributed by atoms with Crippen LogP contribution in [-0.4, -0.2) is 34.0 Å². The summed E-state index contributed by atoms with van der Waals surface area (Å²) in [6.45, 7) is 10.1. The minimum absolute atomic E-state index is 0.0800. The zero-order chi connectivity index (χ0) is 23.0. The first kappa shape index (κ1) is 24.9. The molecule has 1 atom stereocenters. The van der Waals surface area contributed by atoms with Crippen molar-refractivity contribution in [3.05, 3.63) is 71.0 Å². The number of aryl methyl sites for hydroxylation is 1.